The summed E-state index contributed by atoms with van der Waals surface area (Å²) in [5.41, 5.74) is 6.97. The Morgan fingerprint density at radius 2 is 1.90 bits per heavy atom. The van der Waals surface area contributed by atoms with Crippen LogP contribution in [0.25, 0.3) is 0 Å². The number of hydrazine groups is 1. The molecule has 2 aromatic rings. The van der Waals surface area contributed by atoms with Gasteiger partial charge in [0, 0.05) is 12.2 Å². The number of carbonyl (C=O) groups excluding carboxylic acids is 2. The number of para-hydroxylation sites is 1. The molecule has 29 heavy (non-hydrogen) atoms. The molecule has 2 aliphatic heterocycles. The summed E-state index contributed by atoms with van der Waals surface area (Å²) >= 11 is 1.37. The highest BCUT2D eigenvalue weighted by Crippen LogP contribution is 2.26. The van der Waals surface area contributed by atoms with Crippen LogP contribution in [0.1, 0.15) is 11.1 Å². The number of anilines is 2. The number of thioether (sulfide) groups is 1. The van der Waals surface area contributed by atoms with Gasteiger partial charge >= 0.3 is 0 Å². The number of hydrogen-bond donors (Lipinski definition) is 4. The first-order chi connectivity index (χ1) is 14.0. The van der Waals surface area contributed by atoms with Crippen molar-refractivity contribution in [3.05, 3.63) is 59.7 Å². The highest BCUT2D eigenvalue weighted by molar-refractivity contribution is 8.00. The van der Waals surface area contributed by atoms with Crippen LogP contribution < -0.4 is 26.4 Å². The van der Waals surface area contributed by atoms with Crippen molar-refractivity contribution in [2.24, 2.45) is 5.92 Å². The number of aryl methyl sites for hydroxylation is 2. The Morgan fingerprint density at radius 3 is 2.62 bits per heavy atom. The van der Waals surface area contributed by atoms with Crippen LogP contribution in [0.4, 0.5) is 11.4 Å². The van der Waals surface area contributed by atoms with Gasteiger partial charge in [0.2, 0.25) is 11.8 Å². The maximum absolute atomic E-state index is 12.5. The van der Waals surface area contributed by atoms with Crippen LogP contribution in [-0.2, 0) is 9.59 Å². The van der Waals surface area contributed by atoms with Gasteiger partial charge in [-0.15, -0.1) is 11.8 Å². The van der Waals surface area contributed by atoms with E-state index in [2.05, 4.69) is 27.4 Å². The Balaban J connectivity index is 1.36. The van der Waals surface area contributed by atoms with E-state index in [4.69, 9.17) is 0 Å². The fraction of sp³-hybridized carbons (Fsp3) is 0.333. The fourth-order valence-electron chi connectivity index (χ4n) is 3.78. The molecule has 2 saturated heterocycles. The zero-order valence-corrected chi connectivity index (χ0v) is 17.3. The highest BCUT2D eigenvalue weighted by Gasteiger charge is 2.44. The van der Waals surface area contributed by atoms with Crippen LogP contribution in [0.15, 0.2) is 48.5 Å². The summed E-state index contributed by atoms with van der Waals surface area (Å²) < 4.78 is 0. The third-order valence-corrected chi connectivity index (χ3v) is 6.01. The van der Waals surface area contributed by atoms with Crippen molar-refractivity contribution in [1.82, 2.24) is 16.1 Å². The average Bonchev–Trinajstić information content (AvgIpc) is 3.11. The first-order valence-corrected chi connectivity index (χ1v) is 10.7. The van der Waals surface area contributed by atoms with Gasteiger partial charge in [0.1, 0.15) is 11.7 Å². The standard InChI is InChI=1S/C21H25N5O2S/c1-13-8-14(2)10-15(9-13)23-18(27)12-29-21-24-19-17(20(28)25-21)11-22-26(19)16-6-4-3-5-7-16/h3-10,17,19,21-22,24H,11-12H2,1-2H3,(H,23,27)(H,25,28). The number of nitrogens with zero attached hydrogens (tertiary/aromatic N) is 1. The van der Waals surface area contributed by atoms with Gasteiger partial charge in [-0.05, 0) is 49.2 Å². The Morgan fingerprint density at radius 1 is 1.17 bits per heavy atom. The number of nitrogens with one attached hydrogen (secondary N) is 4. The molecule has 4 rings (SSSR count). The minimum absolute atomic E-state index is 0.00750. The van der Waals surface area contributed by atoms with Crippen LogP contribution in [-0.4, -0.2) is 35.8 Å². The molecule has 0 spiro atoms. The second-order valence-corrected chi connectivity index (χ2v) is 8.50. The lowest BCUT2D eigenvalue weighted by molar-refractivity contribution is -0.127. The Bertz CT molecular complexity index is 887. The molecule has 0 bridgehead atoms. The first kappa shape index (κ1) is 19.8. The molecule has 2 aromatic carbocycles. The van der Waals surface area contributed by atoms with Gasteiger partial charge in [-0.2, -0.15) is 0 Å². The smallest absolute Gasteiger partial charge is 0.234 e. The lowest BCUT2D eigenvalue weighted by Crippen LogP contribution is -2.63. The van der Waals surface area contributed by atoms with Crippen molar-refractivity contribution in [2.45, 2.75) is 25.5 Å². The van der Waals surface area contributed by atoms with Crippen molar-refractivity contribution in [3.8, 4) is 0 Å². The van der Waals surface area contributed by atoms with Gasteiger partial charge in [0.15, 0.2) is 0 Å². The van der Waals surface area contributed by atoms with Crippen molar-refractivity contribution in [2.75, 3.05) is 22.6 Å². The van der Waals surface area contributed by atoms with Crippen molar-refractivity contribution < 1.29 is 9.59 Å². The highest BCUT2D eigenvalue weighted by atomic mass is 32.2. The zero-order chi connectivity index (χ0) is 20.4. The van der Waals surface area contributed by atoms with Gasteiger partial charge in [0.25, 0.3) is 0 Å². The maximum Gasteiger partial charge on any atom is 0.234 e. The molecule has 2 aliphatic rings. The SMILES string of the molecule is Cc1cc(C)cc(NC(=O)CSC2NC(=O)C3CNN(c4ccccc4)C3N2)c1. The molecule has 2 heterocycles. The molecule has 4 N–H and O–H groups in total. The Kier molecular flexibility index (Phi) is 5.75. The van der Waals surface area contributed by atoms with Crippen LogP contribution in [0.2, 0.25) is 0 Å². The number of rotatable bonds is 5. The lowest BCUT2D eigenvalue weighted by atomic mass is 10.1. The average molecular weight is 412 g/mol. The molecule has 0 radical (unpaired) electrons. The Labute approximate surface area is 174 Å². The second kappa shape index (κ2) is 8.44. The van der Waals surface area contributed by atoms with E-state index in [9.17, 15) is 9.59 Å². The largest absolute Gasteiger partial charge is 0.331 e. The summed E-state index contributed by atoms with van der Waals surface area (Å²) in [7, 11) is 0. The van der Waals surface area contributed by atoms with E-state index in [1.807, 2.05) is 61.3 Å². The molecular weight excluding hydrogens is 386 g/mol. The van der Waals surface area contributed by atoms with Gasteiger partial charge in [-0.1, -0.05) is 24.3 Å². The lowest BCUT2D eigenvalue weighted by Gasteiger charge is -2.37. The van der Waals surface area contributed by atoms with E-state index < -0.39 is 0 Å². The van der Waals surface area contributed by atoms with Crippen molar-refractivity contribution in [3.63, 3.8) is 0 Å². The monoisotopic (exact) mass is 411 g/mol. The molecule has 3 unspecified atom stereocenters. The summed E-state index contributed by atoms with van der Waals surface area (Å²) in [5, 5.41) is 11.3. The molecule has 2 fully saturated rings. The van der Waals surface area contributed by atoms with E-state index in [-0.39, 0.29) is 35.1 Å². The summed E-state index contributed by atoms with van der Waals surface area (Å²) in [6.07, 6.45) is -0.161. The number of amides is 2. The predicted molar refractivity (Wildman–Crippen MR) is 116 cm³/mol. The topological polar surface area (TPSA) is 85.5 Å². The minimum atomic E-state index is -0.333. The quantitative estimate of drug-likeness (QED) is 0.602. The second-order valence-electron chi connectivity index (χ2n) is 7.41. The number of hydrogen-bond acceptors (Lipinski definition) is 6. The van der Waals surface area contributed by atoms with E-state index in [1.54, 1.807) is 0 Å². The Hall–Kier alpha value is -2.55. The normalized spacial score (nSPS) is 23.4. The molecule has 0 saturated carbocycles. The third kappa shape index (κ3) is 4.55. The number of carbonyl (C=O) groups is 2. The van der Waals surface area contributed by atoms with Gasteiger partial charge < -0.3 is 10.6 Å². The summed E-state index contributed by atoms with van der Waals surface area (Å²) in [6.45, 7) is 4.58. The maximum atomic E-state index is 12.5. The van der Waals surface area contributed by atoms with Crippen LogP contribution in [0.3, 0.4) is 0 Å². The molecule has 0 aliphatic carbocycles. The predicted octanol–water partition coefficient (Wildman–Crippen LogP) is 1.95. The van der Waals surface area contributed by atoms with E-state index in [1.165, 1.54) is 11.8 Å². The zero-order valence-electron chi connectivity index (χ0n) is 16.4. The summed E-state index contributed by atoms with van der Waals surface area (Å²) in [5.74, 6) is -0.0492. The third-order valence-electron chi connectivity index (χ3n) is 4.99. The molecule has 7 nitrogen and oxygen atoms in total. The van der Waals surface area contributed by atoms with E-state index in [0.29, 0.717) is 6.54 Å². The first-order valence-electron chi connectivity index (χ1n) is 9.63. The van der Waals surface area contributed by atoms with Crippen LogP contribution >= 0.6 is 11.8 Å². The van der Waals surface area contributed by atoms with Crippen molar-refractivity contribution in [1.29, 1.82) is 0 Å². The van der Waals surface area contributed by atoms with Gasteiger partial charge in [-0.3, -0.25) is 19.9 Å². The van der Waals surface area contributed by atoms with Crippen molar-refractivity contribution >= 4 is 35.0 Å². The minimum Gasteiger partial charge on any atom is -0.331 e. The van der Waals surface area contributed by atoms with Crippen LogP contribution in [0.5, 0.6) is 0 Å². The summed E-state index contributed by atoms with van der Waals surface area (Å²) in [4.78, 5) is 24.9. The van der Waals surface area contributed by atoms with E-state index in [0.717, 1.165) is 22.5 Å². The fourth-order valence-corrected chi connectivity index (χ4v) is 4.60. The van der Waals surface area contributed by atoms with Gasteiger partial charge in [0.05, 0.1) is 17.4 Å². The van der Waals surface area contributed by atoms with Crippen LogP contribution in [0, 0.1) is 19.8 Å². The molecule has 3 atom stereocenters. The summed E-state index contributed by atoms with van der Waals surface area (Å²) in [6, 6.07) is 15.9. The van der Waals surface area contributed by atoms with Gasteiger partial charge in [-0.25, -0.2) is 5.43 Å². The number of fused-ring (bicyclic) bond motifs is 1. The van der Waals surface area contributed by atoms with E-state index >= 15 is 0 Å². The molecule has 0 aromatic heterocycles. The molecule has 2 amide bonds. The number of benzene rings is 2. The molecule has 8 heteroatoms. The molecule has 152 valence electrons. The molecular formula is C21H25N5O2S.